The lowest BCUT2D eigenvalue weighted by Gasteiger charge is -2.26. The Balaban J connectivity index is 1.50. The summed E-state index contributed by atoms with van der Waals surface area (Å²) < 4.78 is 3.76. The first kappa shape index (κ1) is 16.6. The molecular formula is C18H21N7O. The van der Waals surface area contributed by atoms with Gasteiger partial charge in [0.1, 0.15) is 11.9 Å². The Morgan fingerprint density at radius 2 is 2.23 bits per heavy atom. The van der Waals surface area contributed by atoms with Crippen LogP contribution in [0.1, 0.15) is 40.3 Å². The van der Waals surface area contributed by atoms with Crippen LogP contribution in [-0.4, -0.2) is 40.9 Å². The molecule has 2 N–H and O–H groups in total. The predicted molar refractivity (Wildman–Crippen MR) is 93.9 cm³/mol. The third kappa shape index (κ3) is 2.92. The molecule has 0 amide bonds. The van der Waals surface area contributed by atoms with Crippen LogP contribution in [0.2, 0.25) is 0 Å². The first-order valence-electron chi connectivity index (χ1n) is 8.58. The second kappa shape index (κ2) is 6.44. The molecule has 0 aromatic carbocycles. The zero-order chi connectivity index (χ0) is 18.3. The first-order valence-corrected chi connectivity index (χ1v) is 8.58. The maximum Gasteiger partial charge on any atom is 0.155 e. The maximum atomic E-state index is 10.6. The van der Waals surface area contributed by atoms with Gasteiger partial charge in [-0.15, -0.1) is 0 Å². The van der Waals surface area contributed by atoms with Crippen molar-refractivity contribution in [3.8, 4) is 6.07 Å². The summed E-state index contributed by atoms with van der Waals surface area (Å²) in [7, 11) is 1.86. The SMILES string of the molecule is Cc1[nH]c(CN2CCn3nc(C(O)c4nccn4C)cc3C2)cc1C#N. The Morgan fingerprint density at radius 1 is 1.38 bits per heavy atom. The van der Waals surface area contributed by atoms with Gasteiger partial charge in [0.2, 0.25) is 0 Å². The van der Waals surface area contributed by atoms with Gasteiger partial charge in [-0.05, 0) is 19.1 Å². The van der Waals surface area contributed by atoms with Crippen LogP contribution in [0.4, 0.5) is 0 Å². The highest BCUT2D eigenvalue weighted by atomic mass is 16.3. The summed E-state index contributed by atoms with van der Waals surface area (Å²) in [5, 5.41) is 24.2. The van der Waals surface area contributed by atoms with Crippen molar-refractivity contribution in [2.24, 2.45) is 7.05 Å². The number of fused-ring (bicyclic) bond motifs is 1. The van der Waals surface area contributed by atoms with Crippen LogP contribution in [0.25, 0.3) is 0 Å². The van der Waals surface area contributed by atoms with E-state index in [1.807, 2.05) is 37.0 Å². The lowest BCUT2D eigenvalue weighted by atomic mass is 10.2. The van der Waals surface area contributed by atoms with Crippen molar-refractivity contribution in [3.63, 3.8) is 0 Å². The molecular weight excluding hydrogens is 330 g/mol. The Labute approximate surface area is 151 Å². The minimum atomic E-state index is -0.828. The molecule has 3 aromatic rings. The third-order valence-electron chi connectivity index (χ3n) is 4.86. The lowest BCUT2D eigenvalue weighted by Crippen LogP contribution is -2.33. The average molecular weight is 351 g/mol. The largest absolute Gasteiger partial charge is 0.379 e. The van der Waals surface area contributed by atoms with Crippen LogP contribution in [-0.2, 0) is 26.7 Å². The molecule has 1 aliphatic heterocycles. The molecule has 1 aliphatic rings. The van der Waals surface area contributed by atoms with Gasteiger partial charge in [0, 0.05) is 50.5 Å². The Morgan fingerprint density at radius 3 is 2.92 bits per heavy atom. The quantitative estimate of drug-likeness (QED) is 0.736. The molecule has 1 atom stereocenters. The van der Waals surface area contributed by atoms with Crippen molar-refractivity contribution in [2.75, 3.05) is 6.54 Å². The fourth-order valence-corrected chi connectivity index (χ4v) is 3.45. The molecule has 1 unspecified atom stereocenters. The Bertz CT molecular complexity index is 974. The number of nitriles is 1. The van der Waals surface area contributed by atoms with Crippen molar-refractivity contribution in [1.82, 2.24) is 29.2 Å². The molecule has 8 heteroatoms. The number of nitrogens with zero attached hydrogens (tertiary/aromatic N) is 6. The van der Waals surface area contributed by atoms with E-state index in [1.54, 1.807) is 10.8 Å². The number of imidazole rings is 1. The van der Waals surface area contributed by atoms with Gasteiger partial charge >= 0.3 is 0 Å². The van der Waals surface area contributed by atoms with Crippen LogP contribution >= 0.6 is 0 Å². The topological polar surface area (TPSA) is 98.7 Å². The van der Waals surface area contributed by atoms with Crippen LogP contribution in [0, 0.1) is 18.3 Å². The maximum absolute atomic E-state index is 10.6. The summed E-state index contributed by atoms with van der Waals surface area (Å²) in [4.78, 5) is 9.79. The normalized spacial score (nSPS) is 15.6. The summed E-state index contributed by atoms with van der Waals surface area (Å²) in [5.74, 6) is 0.586. The fourth-order valence-electron chi connectivity index (χ4n) is 3.45. The molecule has 0 saturated carbocycles. The molecule has 8 nitrogen and oxygen atoms in total. The standard InChI is InChI=1S/C18H21N7O/c1-12-13(9-19)7-14(21-12)10-24-5-6-25-15(11-24)8-16(22-25)17(26)18-20-3-4-23(18)2/h3-4,7-8,17,21,26H,5-6,10-11H2,1-2H3. The highest BCUT2D eigenvalue weighted by Crippen LogP contribution is 2.23. The number of aliphatic hydroxyl groups is 1. The van der Waals surface area contributed by atoms with Gasteiger partial charge in [0.05, 0.1) is 23.5 Å². The molecule has 0 aliphatic carbocycles. The molecule has 3 aromatic heterocycles. The van der Waals surface area contributed by atoms with Gasteiger partial charge in [-0.2, -0.15) is 10.4 Å². The van der Waals surface area contributed by atoms with Crippen molar-refractivity contribution in [1.29, 1.82) is 5.26 Å². The highest BCUT2D eigenvalue weighted by molar-refractivity contribution is 5.36. The molecule has 0 bridgehead atoms. The van der Waals surface area contributed by atoms with E-state index in [4.69, 9.17) is 5.26 Å². The second-order valence-corrected chi connectivity index (χ2v) is 6.74. The molecule has 0 radical (unpaired) electrons. The number of hydrogen-bond acceptors (Lipinski definition) is 5. The Kier molecular flexibility index (Phi) is 4.11. The van der Waals surface area contributed by atoms with Crippen molar-refractivity contribution >= 4 is 0 Å². The van der Waals surface area contributed by atoms with E-state index >= 15 is 0 Å². The van der Waals surface area contributed by atoms with Gasteiger partial charge in [0.25, 0.3) is 0 Å². The van der Waals surface area contributed by atoms with E-state index in [1.165, 1.54) is 0 Å². The van der Waals surface area contributed by atoms with Crippen LogP contribution in [0.5, 0.6) is 0 Å². The molecule has 0 fully saturated rings. The summed E-state index contributed by atoms with van der Waals surface area (Å²) in [6.07, 6.45) is 2.65. The number of aromatic amines is 1. The fraction of sp³-hybridized carbons (Fsp3) is 0.389. The smallest absolute Gasteiger partial charge is 0.155 e. The minimum absolute atomic E-state index is 0.586. The predicted octanol–water partition coefficient (Wildman–Crippen LogP) is 1.22. The number of aryl methyl sites for hydroxylation is 2. The zero-order valence-corrected chi connectivity index (χ0v) is 14.8. The van der Waals surface area contributed by atoms with Crippen LogP contribution in [0.3, 0.4) is 0 Å². The highest BCUT2D eigenvalue weighted by Gasteiger charge is 2.24. The van der Waals surface area contributed by atoms with Gasteiger partial charge in [-0.3, -0.25) is 9.58 Å². The number of H-pyrrole nitrogens is 1. The number of aromatic nitrogens is 5. The molecule has 0 spiro atoms. The van der Waals surface area contributed by atoms with Gasteiger partial charge in [-0.25, -0.2) is 4.98 Å². The number of aliphatic hydroxyl groups excluding tert-OH is 1. The van der Waals surface area contributed by atoms with E-state index in [0.29, 0.717) is 17.1 Å². The van der Waals surface area contributed by atoms with Crippen molar-refractivity contribution in [3.05, 3.63) is 58.7 Å². The second-order valence-electron chi connectivity index (χ2n) is 6.74. The molecule has 4 rings (SSSR count). The molecule has 0 saturated heterocycles. The molecule has 134 valence electrons. The lowest BCUT2D eigenvalue weighted by molar-refractivity contribution is 0.194. The van der Waals surface area contributed by atoms with Gasteiger partial charge < -0.3 is 14.7 Å². The summed E-state index contributed by atoms with van der Waals surface area (Å²) in [5.41, 5.74) is 4.34. The van der Waals surface area contributed by atoms with Crippen LogP contribution < -0.4 is 0 Å². The monoisotopic (exact) mass is 351 g/mol. The average Bonchev–Trinajstić information content (AvgIpc) is 3.32. The van der Waals surface area contributed by atoms with Crippen molar-refractivity contribution in [2.45, 2.75) is 32.7 Å². The van der Waals surface area contributed by atoms with E-state index in [-0.39, 0.29) is 0 Å². The van der Waals surface area contributed by atoms with E-state index in [2.05, 4.69) is 26.0 Å². The zero-order valence-electron chi connectivity index (χ0n) is 14.8. The van der Waals surface area contributed by atoms with Crippen LogP contribution in [0.15, 0.2) is 24.5 Å². The molecule has 4 heterocycles. The first-order chi connectivity index (χ1) is 12.5. The van der Waals surface area contributed by atoms with E-state index < -0.39 is 6.10 Å². The number of nitrogens with one attached hydrogen (secondary N) is 1. The summed E-state index contributed by atoms with van der Waals surface area (Å²) >= 11 is 0. The number of rotatable bonds is 4. The minimum Gasteiger partial charge on any atom is -0.379 e. The van der Waals surface area contributed by atoms with Gasteiger partial charge in [0.15, 0.2) is 6.10 Å². The van der Waals surface area contributed by atoms with E-state index in [9.17, 15) is 5.11 Å². The van der Waals surface area contributed by atoms with E-state index in [0.717, 1.165) is 43.3 Å². The Hall–Kier alpha value is -2.89. The number of hydrogen-bond donors (Lipinski definition) is 2. The van der Waals surface area contributed by atoms with Gasteiger partial charge in [-0.1, -0.05) is 0 Å². The summed E-state index contributed by atoms with van der Waals surface area (Å²) in [6.45, 7) is 5.06. The third-order valence-corrected chi connectivity index (χ3v) is 4.86. The van der Waals surface area contributed by atoms with Crippen molar-refractivity contribution < 1.29 is 5.11 Å². The molecule has 26 heavy (non-hydrogen) atoms. The summed E-state index contributed by atoms with van der Waals surface area (Å²) in [6, 6.07) is 6.07.